The summed E-state index contributed by atoms with van der Waals surface area (Å²) in [5.74, 6) is -0.367. The Morgan fingerprint density at radius 2 is 1.90 bits per heavy atom. The van der Waals surface area contributed by atoms with E-state index >= 15 is 0 Å². The van der Waals surface area contributed by atoms with Crippen molar-refractivity contribution in [2.75, 3.05) is 26.2 Å². The van der Waals surface area contributed by atoms with Gasteiger partial charge < -0.3 is 15.3 Å². The van der Waals surface area contributed by atoms with Crippen LogP contribution in [0.5, 0.6) is 0 Å². The highest BCUT2D eigenvalue weighted by Gasteiger charge is 2.38. The van der Waals surface area contributed by atoms with E-state index in [1.54, 1.807) is 24.3 Å². The fourth-order valence-corrected chi connectivity index (χ4v) is 5.86. The Balaban J connectivity index is 1.33. The highest BCUT2D eigenvalue weighted by molar-refractivity contribution is 8.18. The fourth-order valence-electron chi connectivity index (χ4n) is 4.91. The molecule has 7 nitrogen and oxygen atoms in total. The van der Waals surface area contributed by atoms with Crippen molar-refractivity contribution in [3.63, 3.8) is 0 Å². The summed E-state index contributed by atoms with van der Waals surface area (Å²) in [5, 5.41) is 17.7. The number of nitrogens with zero attached hydrogens (tertiary/aromatic N) is 4. The molecule has 1 unspecified atom stereocenters. The zero-order valence-corrected chi connectivity index (χ0v) is 22.3. The van der Waals surface area contributed by atoms with Crippen molar-refractivity contribution < 1.29 is 36.2 Å². The molecule has 1 aromatic heterocycles. The highest BCUT2D eigenvalue weighted by atomic mass is 32.2. The first-order valence-electron chi connectivity index (χ1n) is 12.8. The van der Waals surface area contributed by atoms with E-state index < -0.39 is 23.5 Å². The van der Waals surface area contributed by atoms with Crippen LogP contribution in [0.15, 0.2) is 52.5 Å². The van der Waals surface area contributed by atoms with Gasteiger partial charge in [-0.2, -0.15) is 36.4 Å². The normalized spacial score (nSPS) is 19.4. The van der Waals surface area contributed by atoms with Crippen molar-refractivity contribution in [3.05, 3.63) is 69.8 Å². The van der Waals surface area contributed by atoms with Crippen LogP contribution in [0.1, 0.15) is 35.1 Å². The molecule has 3 aromatic rings. The van der Waals surface area contributed by atoms with E-state index in [1.165, 1.54) is 22.6 Å². The van der Waals surface area contributed by atoms with Gasteiger partial charge in [-0.1, -0.05) is 12.1 Å². The number of piperidine rings is 1. The number of halogens is 6. The van der Waals surface area contributed by atoms with Crippen molar-refractivity contribution in [3.8, 4) is 0 Å². The van der Waals surface area contributed by atoms with Crippen LogP contribution in [-0.2, 0) is 23.7 Å². The molecule has 0 bridgehead atoms. The maximum atomic E-state index is 13.6. The van der Waals surface area contributed by atoms with Crippen molar-refractivity contribution in [1.29, 1.82) is 0 Å². The van der Waals surface area contributed by atoms with Crippen LogP contribution < -0.4 is 5.32 Å². The average molecular weight is 598 g/mol. The third-order valence-corrected chi connectivity index (χ3v) is 7.92. The molecular weight excluding hydrogens is 572 g/mol. The zero-order chi connectivity index (χ0) is 29.4. The Bertz CT molecular complexity index is 1510. The second-order valence-electron chi connectivity index (χ2n) is 9.76. The third kappa shape index (κ3) is 6.60. The number of aromatic nitrogens is 2. The van der Waals surface area contributed by atoms with Gasteiger partial charge in [0.05, 0.1) is 40.9 Å². The number of carbonyl (C=O) groups is 1. The number of benzene rings is 2. The van der Waals surface area contributed by atoms with Crippen LogP contribution in [0.4, 0.5) is 26.3 Å². The molecule has 2 aliphatic rings. The van der Waals surface area contributed by atoms with Gasteiger partial charge in [-0.15, -0.1) is 0 Å². The summed E-state index contributed by atoms with van der Waals surface area (Å²) in [6.07, 6.45) is -4.85. The van der Waals surface area contributed by atoms with Crippen LogP contribution in [0.3, 0.4) is 0 Å². The van der Waals surface area contributed by atoms with Gasteiger partial charge in [0.1, 0.15) is 0 Å². The number of carbonyl (C=O) groups excluding carboxylic acids is 1. The van der Waals surface area contributed by atoms with Crippen LogP contribution in [0.2, 0.25) is 0 Å². The number of hydrogen-bond donors (Lipinski definition) is 2. The molecular formula is C27H25F6N5O2S. The Kier molecular flexibility index (Phi) is 8.17. The maximum absolute atomic E-state index is 13.6. The molecule has 41 heavy (non-hydrogen) atoms. The van der Waals surface area contributed by atoms with E-state index in [2.05, 4.69) is 15.4 Å². The molecule has 0 aliphatic carbocycles. The Hall–Kier alpha value is -3.36. The lowest BCUT2D eigenvalue weighted by Crippen LogP contribution is -2.47. The van der Waals surface area contributed by atoms with Gasteiger partial charge in [0.25, 0.3) is 5.91 Å². The standard InChI is InChI=1S/C27H25F6N5O2S/c28-26(29,30)19-5-4-17(21(12-19)27(31,32)33)14-38-22-6-3-16(10-18(22)13-35-38)11-23-24(40)36-25(41-23)37-8-1-2-20(15-37)34-7-9-39/h3-6,10-13,20,34,39H,1-2,7-9,14-15H2/b23-11+. The summed E-state index contributed by atoms with van der Waals surface area (Å²) in [4.78, 5) is 19.3. The third-order valence-electron chi connectivity index (χ3n) is 6.87. The molecule has 218 valence electrons. The number of likely N-dealkylation sites (tertiary alicyclic amines) is 1. The number of aliphatic hydroxyl groups is 1. The van der Waals surface area contributed by atoms with Crippen molar-refractivity contribution in [1.82, 2.24) is 20.0 Å². The molecule has 2 aliphatic heterocycles. The SMILES string of the molecule is O=C1N=C(N2CCCC(NCCO)C2)S/C1=C/c1ccc2c(cnn2Cc2ccc(C(F)(F)F)cc2C(F)(F)F)c1. The molecule has 3 heterocycles. The van der Waals surface area contributed by atoms with Gasteiger partial charge in [0.15, 0.2) is 5.17 Å². The minimum Gasteiger partial charge on any atom is -0.395 e. The zero-order valence-electron chi connectivity index (χ0n) is 21.5. The number of amides is 1. The summed E-state index contributed by atoms with van der Waals surface area (Å²) < 4.78 is 81.1. The molecule has 1 saturated heterocycles. The van der Waals surface area contributed by atoms with Crippen LogP contribution >= 0.6 is 11.8 Å². The lowest BCUT2D eigenvalue weighted by atomic mass is 10.0. The number of fused-ring (bicyclic) bond motifs is 1. The molecule has 1 amide bonds. The Morgan fingerprint density at radius 3 is 2.63 bits per heavy atom. The molecule has 1 fully saturated rings. The van der Waals surface area contributed by atoms with Crippen LogP contribution in [-0.4, -0.2) is 63.1 Å². The number of rotatable bonds is 6. The monoisotopic (exact) mass is 597 g/mol. The van der Waals surface area contributed by atoms with E-state index in [4.69, 9.17) is 5.11 Å². The first-order valence-corrected chi connectivity index (χ1v) is 13.6. The van der Waals surface area contributed by atoms with Gasteiger partial charge in [0, 0.05) is 31.1 Å². The van der Waals surface area contributed by atoms with Crippen molar-refractivity contribution in [2.45, 2.75) is 37.8 Å². The number of hydrogen-bond acceptors (Lipinski definition) is 6. The quantitative estimate of drug-likeness (QED) is 0.303. The smallest absolute Gasteiger partial charge is 0.395 e. The fraction of sp³-hybridized carbons (Fsp3) is 0.370. The molecule has 2 N–H and O–H groups in total. The van der Waals surface area contributed by atoms with E-state index in [9.17, 15) is 31.1 Å². The second-order valence-corrected chi connectivity index (χ2v) is 10.8. The predicted molar refractivity (Wildman–Crippen MR) is 143 cm³/mol. The number of aliphatic hydroxyl groups excluding tert-OH is 1. The van der Waals surface area contributed by atoms with Gasteiger partial charge in [-0.05, 0) is 66.1 Å². The minimum atomic E-state index is -4.98. The molecule has 14 heteroatoms. The summed E-state index contributed by atoms with van der Waals surface area (Å²) in [7, 11) is 0. The number of thioether (sulfide) groups is 1. The van der Waals surface area contributed by atoms with Gasteiger partial charge >= 0.3 is 12.4 Å². The summed E-state index contributed by atoms with van der Waals surface area (Å²) >= 11 is 1.27. The van der Waals surface area contributed by atoms with E-state index in [0.29, 0.717) is 45.7 Å². The predicted octanol–water partition coefficient (Wildman–Crippen LogP) is 5.14. The van der Waals surface area contributed by atoms with Crippen molar-refractivity contribution >= 4 is 39.8 Å². The lowest BCUT2D eigenvalue weighted by molar-refractivity contribution is -0.143. The summed E-state index contributed by atoms with van der Waals surface area (Å²) in [6.45, 7) is 1.60. The second kappa shape index (κ2) is 11.5. The van der Waals surface area contributed by atoms with Gasteiger partial charge in [-0.3, -0.25) is 9.48 Å². The molecule has 1 atom stereocenters. The Morgan fingerprint density at radius 1 is 1.10 bits per heavy atom. The van der Waals surface area contributed by atoms with E-state index in [1.807, 2.05) is 4.90 Å². The average Bonchev–Trinajstić information content (AvgIpc) is 3.49. The summed E-state index contributed by atoms with van der Waals surface area (Å²) in [5.41, 5.74) is -1.94. The van der Waals surface area contributed by atoms with Crippen molar-refractivity contribution in [2.24, 2.45) is 4.99 Å². The first-order chi connectivity index (χ1) is 19.4. The van der Waals surface area contributed by atoms with Crippen LogP contribution in [0.25, 0.3) is 17.0 Å². The summed E-state index contributed by atoms with van der Waals surface area (Å²) in [6, 6.07) is 6.82. The number of amidine groups is 1. The number of alkyl halides is 6. The molecule has 5 rings (SSSR count). The largest absolute Gasteiger partial charge is 0.416 e. The Labute approximate surface area is 234 Å². The van der Waals surface area contributed by atoms with Gasteiger partial charge in [0.2, 0.25) is 0 Å². The number of aliphatic imine (C=N–C) groups is 1. The maximum Gasteiger partial charge on any atom is 0.416 e. The highest BCUT2D eigenvalue weighted by Crippen LogP contribution is 2.38. The molecule has 2 aromatic carbocycles. The topological polar surface area (TPSA) is 82.8 Å². The van der Waals surface area contributed by atoms with Crippen LogP contribution in [0, 0.1) is 0 Å². The van der Waals surface area contributed by atoms with Gasteiger partial charge in [-0.25, -0.2) is 0 Å². The molecule has 0 saturated carbocycles. The van der Waals surface area contributed by atoms with E-state index in [0.717, 1.165) is 25.5 Å². The first kappa shape index (κ1) is 29.1. The number of nitrogens with one attached hydrogen (secondary N) is 1. The molecule has 0 radical (unpaired) electrons. The lowest BCUT2D eigenvalue weighted by Gasteiger charge is -2.33. The molecule has 0 spiro atoms. The minimum absolute atomic E-state index is 0.0461. The van der Waals surface area contributed by atoms with E-state index in [-0.39, 0.29) is 36.7 Å².